The van der Waals surface area contributed by atoms with E-state index in [9.17, 15) is 4.79 Å². The number of thiazole rings is 1. The van der Waals surface area contributed by atoms with Crippen molar-refractivity contribution in [2.24, 2.45) is 0 Å². The van der Waals surface area contributed by atoms with Gasteiger partial charge in [0.2, 0.25) is 0 Å². The number of hydroxylamine groups is 2. The summed E-state index contributed by atoms with van der Waals surface area (Å²) in [7, 11) is 0. The number of fused-ring (bicyclic) bond motifs is 1. The molecule has 1 aromatic carbocycles. The predicted molar refractivity (Wildman–Crippen MR) is 113 cm³/mol. The SMILES string of the molecule is O=C(Nc1ccc2nc([C@H]3C[C@H](N4CCCCC4)C3)sc2c1)ON1CCOCC1. The lowest BCUT2D eigenvalue weighted by Crippen LogP contribution is -2.46. The van der Waals surface area contributed by atoms with Crippen LogP contribution in [0.4, 0.5) is 10.5 Å². The number of hydrogen-bond donors (Lipinski definition) is 1. The second kappa shape index (κ2) is 8.55. The fourth-order valence-corrected chi connectivity index (χ4v) is 5.59. The minimum absolute atomic E-state index is 0.459. The van der Waals surface area contributed by atoms with Gasteiger partial charge in [-0.15, -0.1) is 16.4 Å². The van der Waals surface area contributed by atoms with Crippen LogP contribution in [0, 0.1) is 0 Å². The van der Waals surface area contributed by atoms with E-state index in [1.165, 1.54) is 50.2 Å². The molecule has 1 amide bonds. The Morgan fingerprint density at radius 1 is 1.14 bits per heavy atom. The van der Waals surface area contributed by atoms with E-state index in [1.54, 1.807) is 16.4 Å². The van der Waals surface area contributed by atoms with Crippen molar-refractivity contribution in [3.63, 3.8) is 0 Å². The summed E-state index contributed by atoms with van der Waals surface area (Å²) >= 11 is 1.76. The maximum atomic E-state index is 12.1. The number of amides is 1. The van der Waals surface area contributed by atoms with Gasteiger partial charge in [-0.1, -0.05) is 6.42 Å². The Kier molecular flexibility index (Phi) is 5.67. The molecule has 3 aliphatic rings. The average molecular weight is 417 g/mol. The molecule has 1 saturated carbocycles. The molecule has 2 saturated heterocycles. The van der Waals surface area contributed by atoms with Crippen LogP contribution in [-0.4, -0.2) is 66.5 Å². The van der Waals surface area contributed by atoms with Gasteiger partial charge >= 0.3 is 6.09 Å². The molecule has 0 atom stereocenters. The van der Waals surface area contributed by atoms with E-state index < -0.39 is 6.09 Å². The Morgan fingerprint density at radius 3 is 2.72 bits per heavy atom. The zero-order valence-corrected chi connectivity index (χ0v) is 17.5. The van der Waals surface area contributed by atoms with Crippen molar-refractivity contribution in [3.05, 3.63) is 23.2 Å². The zero-order valence-electron chi connectivity index (χ0n) is 16.6. The summed E-state index contributed by atoms with van der Waals surface area (Å²) in [4.78, 5) is 25.0. The second-order valence-electron chi connectivity index (χ2n) is 8.20. The monoisotopic (exact) mass is 416 g/mol. The van der Waals surface area contributed by atoms with E-state index in [2.05, 4.69) is 10.2 Å². The highest BCUT2D eigenvalue weighted by molar-refractivity contribution is 7.18. The molecule has 29 heavy (non-hydrogen) atoms. The molecule has 8 heteroatoms. The van der Waals surface area contributed by atoms with Gasteiger partial charge in [-0.25, -0.2) is 9.78 Å². The summed E-state index contributed by atoms with van der Waals surface area (Å²) in [5.41, 5.74) is 1.75. The van der Waals surface area contributed by atoms with Crippen LogP contribution in [0.3, 0.4) is 0 Å². The number of aromatic nitrogens is 1. The lowest BCUT2D eigenvalue weighted by atomic mass is 9.79. The van der Waals surface area contributed by atoms with E-state index in [1.807, 2.05) is 18.2 Å². The molecular formula is C21H28N4O3S. The number of ether oxygens (including phenoxy) is 1. The number of nitrogens with one attached hydrogen (secondary N) is 1. The first-order valence-corrected chi connectivity index (χ1v) is 11.5. The topological polar surface area (TPSA) is 66.9 Å². The van der Waals surface area contributed by atoms with Crippen molar-refractivity contribution in [1.82, 2.24) is 14.9 Å². The van der Waals surface area contributed by atoms with Crippen LogP contribution in [0.2, 0.25) is 0 Å². The van der Waals surface area contributed by atoms with Crippen LogP contribution < -0.4 is 5.32 Å². The molecule has 1 aliphatic carbocycles. The van der Waals surface area contributed by atoms with Crippen molar-refractivity contribution in [3.8, 4) is 0 Å². The zero-order chi connectivity index (χ0) is 19.6. The molecule has 156 valence electrons. The van der Waals surface area contributed by atoms with Crippen LogP contribution in [0.5, 0.6) is 0 Å². The summed E-state index contributed by atoms with van der Waals surface area (Å²) in [5.74, 6) is 0.585. The number of anilines is 1. The third-order valence-corrected chi connectivity index (χ3v) is 7.38. The molecule has 3 fully saturated rings. The highest BCUT2D eigenvalue weighted by Crippen LogP contribution is 2.43. The van der Waals surface area contributed by atoms with Gasteiger partial charge in [0, 0.05) is 17.6 Å². The van der Waals surface area contributed by atoms with Crippen LogP contribution in [0.1, 0.15) is 43.0 Å². The molecule has 5 rings (SSSR count). The molecule has 7 nitrogen and oxygen atoms in total. The van der Waals surface area contributed by atoms with Gasteiger partial charge in [0.25, 0.3) is 0 Å². The maximum Gasteiger partial charge on any atom is 0.430 e. The molecule has 0 radical (unpaired) electrons. The number of likely N-dealkylation sites (tertiary alicyclic amines) is 1. The molecule has 0 unspecified atom stereocenters. The molecule has 0 bridgehead atoms. The standard InChI is InChI=1S/C21H28N4O3S/c26-21(28-25-8-10-27-11-9-25)22-16-4-5-18-19(14-16)29-20(23-18)15-12-17(13-15)24-6-2-1-3-7-24/h4-5,14-15,17H,1-3,6-13H2,(H,22,26)/t15-,17-. The third kappa shape index (κ3) is 4.40. The van der Waals surface area contributed by atoms with E-state index in [0.29, 0.717) is 32.2 Å². The Bertz CT molecular complexity index is 855. The van der Waals surface area contributed by atoms with Crippen LogP contribution in [-0.2, 0) is 9.57 Å². The first-order chi connectivity index (χ1) is 14.2. The quantitative estimate of drug-likeness (QED) is 0.817. The van der Waals surface area contributed by atoms with E-state index in [-0.39, 0.29) is 0 Å². The Hall–Kier alpha value is -1.74. The molecule has 0 spiro atoms. The Morgan fingerprint density at radius 2 is 1.93 bits per heavy atom. The minimum Gasteiger partial charge on any atom is -0.379 e. The molecule has 2 aliphatic heterocycles. The summed E-state index contributed by atoms with van der Waals surface area (Å²) < 4.78 is 6.38. The van der Waals surface area contributed by atoms with Gasteiger partial charge in [0.15, 0.2) is 0 Å². The molecule has 1 aromatic heterocycles. The van der Waals surface area contributed by atoms with E-state index >= 15 is 0 Å². The Labute approximate surface area is 174 Å². The first-order valence-electron chi connectivity index (χ1n) is 10.7. The van der Waals surface area contributed by atoms with Crippen molar-refractivity contribution >= 4 is 33.3 Å². The van der Waals surface area contributed by atoms with Crippen molar-refractivity contribution in [2.75, 3.05) is 44.7 Å². The van der Waals surface area contributed by atoms with Crippen molar-refractivity contribution in [1.29, 1.82) is 0 Å². The second-order valence-corrected chi connectivity index (χ2v) is 9.26. The number of nitrogens with zero attached hydrogens (tertiary/aromatic N) is 3. The molecular weight excluding hydrogens is 388 g/mol. The molecule has 3 heterocycles. The van der Waals surface area contributed by atoms with Gasteiger partial charge in [0.1, 0.15) is 0 Å². The lowest BCUT2D eigenvalue weighted by molar-refractivity contribution is -0.142. The van der Waals surface area contributed by atoms with Crippen LogP contribution >= 0.6 is 11.3 Å². The van der Waals surface area contributed by atoms with Crippen molar-refractivity contribution < 1.29 is 14.4 Å². The van der Waals surface area contributed by atoms with Crippen LogP contribution in [0.25, 0.3) is 10.2 Å². The lowest BCUT2D eigenvalue weighted by Gasteiger charge is -2.43. The average Bonchev–Trinajstić information content (AvgIpc) is 3.11. The normalized spacial score (nSPS) is 26.2. The predicted octanol–water partition coefficient (Wildman–Crippen LogP) is 3.82. The number of hydrogen-bond acceptors (Lipinski definition) is 7. The number of carbonyl (C=O) groups excluding carboxylic acids is 1. The fourth-order valence-electron chi connectivity index (χ4n) is 4.46. The smallest absolute Gasteiger partial charge is 0.379 e. The summed E-state index contributed by atoms with van der Waals surface area (Å²) in [6, 6.07) is 6.63. The number of carbonyl (C=O) groups is 1. The van der Waals surface area contributed by atoms with Crippen LogP contribution in [0.15, 0.2) is 18.2 Å². The summed E-state index contributed by atoms with van der Waals surface area (Å²) in [5, 5.41) is 5.70. The largest absolute Gasteiger partial charge is 0.430 e. The number of piperidine rings is 1. The van der Waals surface area contributed by atoms with E-state index in [4.69, 9.17) is 14.6 Å². The fraction of sp³-hybridized carbons (Fsp3) is 0.619. The Balaban J connectivity index is 1.18. The van der Waals surface area contributed by atoms with Gasteiger partial charge in [-0.05, 0) is 57.0 Å². The minimum atomic E-state index is -0.459. The maximum absolute atomic E-state index is 12.1. The van der Waals surface area contributed by atoms with Gasteiger partial charge in [-0.3, -0.25) is 5.32 Å². The van der Waals surface area contributed by atoms with Gasteiger partial charge in [0.05, 0.1) is 41.5 Å². The first kappa shape index (κ1) is 19.2. The number of morpholine rings is 1. The summed E-state index contributed by atoms with van der Waals surface area (Å²) in [6.07, 6.45) is 6.10. The highest BCUT2D eigenvalue weighted by atomic mass is 32.1. The third-order valence-electron chi connectivity index (χ3n) is 6.20. The number of rotatable bonds is 4. The molecule has 1 N–H and O–H groups in total. The summed E-state index contributed by atoms with van der Waals surface area (Å²) in [6.45, 7) is 4.92. The van der Waals surface area contributed by atoms with Gasteiger partial charge < -0.3 is 14.5 Å². The van der Waals surface area contributed by atoms with E-state index in [0.717, 1.165) is 21.9 Å². The van der Waals surface area contributed by atoms with Gasteiger partial charge in [-0.2, -0.15) is 0 Å². The number of benzene rings is 1. The highest BCUT2D eigenvalue weighted by Gasteiger charge is 2.36. The van der Waals surface area contributed by atoms with Crippen molar-refractivity contribution in [2.45, 2.75) is 44.1 Å². The molecule has 2 aromatic rings.